The molecule has 2 atom stereocenters. The molecule has 4 heterocycles. The minimum atomic E-state index is 0.0503. The normalized spacial score (nSPS) is 22.5. The molecule has 3 aliphatic heterocycles. The molecule has 3 amide bonds. The third-order valence-electron chi connectivity index (χ3n) is 5.97. The number of hydrogen-bond acceptors (Lipinski definition) is 3. The molecule has 26 heavy (non-hydrogen) atoms. The Balaban J connectivity index is 1.65. The Bertz CT molecular complexity index is 696. The number of aromatic nitrogens is 2. The SMILES string of the molecule is Cc1nn(CCC(=O)N2C[C@H]3CC[C@@H]2CN(C(=O)N(C)C)C3)c(C)c1C. The van der Waals surface area contributed by atoms with E-state index in [0.29, 0.717) is 25.4 Å². The summed E-state index contributed by atoms with van der Waals surface area (Å²) in [5.41, 5.74) is 3.36. The van der Waals surface area contributed by atoms with Gasteiger partial charge in [0.1, 0.15) is 0 Å². The van der Waals surface area contributed by atoms with Crippen LogP contribution in [-0.2, 0) is 11.3 Å². The highest BCUT2D eigenvalue weighted by Gasteiger charge is 2.38. The predicted molar refractivity (Wildman–Crippen MR) is 99.9 cm³/mol. The van der Waals surface area contributed by atoms with Crippen LogP contribution in [0.3, 0.4) is 0 Å². The molecule has 7 nitrogen and oxygen atoms in total. The Morgan fingerprint density at radius 2 is 1.85 bits per heavy atom. The maximum absolute atomic E-state index is 12.9. The molecule has 2 bridgehead atoms. The maximum atomic E-state index is 12.9. The fourth-order valence-electron chi connectivity index (χ4n) is 4.18. The molecule has 4 rings (SSSR count). The third-order valence-corrected chi connectivity index (χ3v) is 5.97. The summed E-state index contributed by atoms with van der Waals surface area (Å²) in [6, 6.07) is 0.196. The van der Waals surface area contributed by atoms with Gasteiger partial charge in [-0.05, 0) is 45.1 Å². The Morgan fingerprint density at radius 1 is 1.12 bits per heavy atom. The minimum absolute atomic E-state index is 0.0503. The number of urea groups is 1. The number of nitrogens with zero attached hydrogens (tertiary/aromatic N) is 5. The number of aryl methyl sites for hydroxylation is 2. The van der Waals surface area contributed by atoms with Crippen molar-refractivity contribution in [3.63, 3.8) is 0 Å². The molecule has 7 heteroatoms. The zero-order valence-electron chi connectivity index (χ0n) is 16.7. The summed E-state index contributed by atoms with van der Waals surface area (Å²) in [5, 5.41) is 4.54. The van der Waals surface area contributed by atoms with Gasteiger partial charge in [0.15, 0.2) is 0 Å². The van der Waals surface area contributed by atoms with Gasteiger partial charge >= 0.3 is 6.03 Å². The molecule has 3 aliphatic rings. The van der Waals surface area contributed by atoms with E-state index >= 15 is 0 Å². The molecular weight excluding hydrogens is 330 g/mol. The van der Waals surface area contributed by atoms with Gasteiger partial charge in [0.25, 0.3) is 0 Å². The van der Waals surface area contributed by atoms with Crippen LogP contribution in [0, 0.1) is 26.7 Å². The summed E-state index contributed by atoms with van der Waals surface area (Å²) in [6.07, 6.45) is 2.56. The number of rotatable bonds is 3. The van der Waals surface area contributed by atoms with Gasteiger partial charge in [-0.2, -0.15) is 5.10 Å². The number of carbonyl (C=O) groups excluding carboxylic acids is 2. The second kappa shape index (κ2) is 7.29. The molecule has 0 saturated carbocycles. The Labute approximate surface area is 155 Å². The van der Waals surface area contributed by atoms with Gasteiger partial charge in [-0.1, -0.05) is 0 Å². The highest BCUT2D eigenvalue weighted by Crippen LogP contribution is 2.29. The molecule has 144 valence electrons. The van der Waals surface area contributed by atoms with E-state index in [2.05, 4.69) is 18.9 Å². The van der Waals surface area contributed by atoms with Gasteiger partial charge in [-0.3, -0.25) is 9.48 Å². The first-order valence-electron chi connectivity index (χ1n) is 9.54. The molecular formula is C19H31N5O2. The van der Waals surface area contributed by atoms with Gasteiger partial charge in [-0.15, -0.1) is 0 Å². The summed E-state index contributed by atoms with van der Waals surface area (Å²) >= 11 is 0. The summed E-state index contributed by atoms with van der Waals surface area (Å²) in [7, 11) is 3.57. The van der Waals surface area contributed by atoms with E-state index in [0.717, 1.165) is 37.3 Å². The van der Waals surface area contributed by atoms with Crippen molar-refractivity contribution in [3.05, 3.63) is 17.0 Å². The van der Waals surface area contributed by atoms with E-state index < -0.39 is 0 Å². The summed E-state index contributed by atoms with van der Waals surface area (Å²) in [5.74, 6) is 0.571. The highest BCUT2D eigenvalue weighted by molar-refractivity contribution is 5.77. The molecule has 1 aromatic heterocycles. The van der Waals surface area contributed by atoms with Crippen LogP contribution < -0.4 is 0 Å². The van der Waals surface area contributed by atoms with Crippen molar-refractivity contribution < 1.29 is 9.59 Å². The van der Waals surface area contributed by atoms with Crippen LogP contribution >= 0.6 is 0 Å². The average molecular weight is 361 g/mol. The van der Waals surface area contributed by atoms with Gasteiger partial charge in [0.05, 0.1) is 5.69 Å². The largest absolute Gasteiger partial charge is 0.338 e. The molecule has 0 N–H and O–H groups in total. The Hall–Kier alpha value is -2.05. The van der Waals surface area contributed by atoms with Crippen molar-refractivity contribution in [1.82, 2.24) is 24.5 Å². The van der Waals surface area contributed by atoms with Crippen LogP contribution in [0.4, 0.5) is 4.79 Å². The van der Waals surface area contributed by atoms with Crippen LogP contribution in [0.15, 0.2) is 0 Å². The van der Waals surface area contributed by atoms with Crippen LogP contribution in [-0.4, -0.2) is 76.2 Å². The molecule has 1 aromatic rings. The van der Waals surface area contributed by atoms with Crippen molar-refractivity contribution in [2.24, 2.45) is 5.92 Å². The maximum Gasteiger partial charge on any atom is 0.319 e. The standard InChI is InChI=1S/C19H31N5O2/c1-13-14(2)20-24(15(13)3)9-8-18(25)23-11-16-6-7-17(23)12-22(10-16)19(26)21(4)5/h16-17H,6-12H2,1-5H3/t16-,17+/m0/s1. The van der Waals surface area contributed by atoms with E-state index in [1.807, 2.05) is 21.4 Å². The lowest BCUT2D eigenvalue weighted by atomic mass is 9.94. The lowest BCUT2D eigenvalue weighted by molar-refractivity contribution is -0.135. The van der Waals surface area contributed by atoms with Crippen molar-refractivity contribution in [1.29, 1.82) is 0 Å². The lowest BCUT2D eigenvalue weighted by Crippen LogP contribution is -2.48. The first-order chi connectivity index (χ1) is 12.3. The van der Waals surface area contributed by atoms with Crippen molar-refractivity contribution in [3.8, 4) is 0 Å². The first-order valence-corrected chi connectivity index (χ1v) is 9.54. The van der Waals surface area contributed by atoms with E-state index in [-0.39, 0.29) is 18.0 Å². The van der Waals surface area contributed by atoms with Gasteiger partial charge < -0.3 is 14.7 Å². The minimum Gasteiger partial charge on any atom is -0.338 e. The van der Waals surface area contributed by atoms with Crippen molar-refractivity contribution in [2.75, 3.05) is 33.7 Å². The molecule has 3 fully saturated rings. The predicted octanol–water partition coefficient (Wildman–Crippen LogP) is 1.80. The number of carbonyl (C=O) groups is 2. The van der Waals surface area contributed by atoms with E-state index in [1.165, 1.54) is 5.56 Å². The monoisotopic (exact) mass is 361 g/mol. The van der Waals surface area contributed by atoms with Crippen LogP contribution in [0.2, 0.25) is 0 Å². The Kier molecular flexibility index (Phi) is 5.25. The zero-order chi connectivity index (χ0) is 19.0. The fourth-order valence-corrected chi connectivity index (χ4v) is 4.18. The molecule has 0 aliphatic carbocycles. The van der Waals surface area contributed by atoms with Gasteiger partial charge in [0.2, 0.25) is 5.91 Å². The van der Waals surface area contributed by atoms with Crippen molar-refractivity contribution in [2.45, 2.75) is 52.6 Å². The smallest absolute Gasteiger partial charge is 0.319 e. The van der Waals surface area contributed by atoms with Crippen LogP contribution in [0.25, 0.3) is 0 Å². The molecule has 0 spiro atoms. The lowest BCUT2D eigenvalue weighted by Gasteiger charge is -2.36. The summed E-state index contributed by atoms with van der Waals surface area (Å²) in [4.78, 5) is 30.8. The number of amides is 3. The topological polar surface area (TPSA) is 61.7 Å². The van der Waals surface area contributed by atoms with Crippen molar-refractivity contribution >= 4 is 11.9 Å². The fraction of sp³-hybridized carbons (Fsp3) is 0.737. The number of hydrogen-bond donors (Lipinski definition) is 0. The number of fused-ring (bicyclic) bond motifs is 4. The van der Waals surface area contributed by atoms with E-state index in [1.54, 1.807) is 19.0 Å². The quantitative estimate of drug-likeness (QED) is 0.825. The summed E-state index contributed by atoms with van der Waals surface area (Å²) < 4.78 is 1.94. The second-order valence-electron chi connectivity index (χ2n) is 7.99. The highest BCUT2D eigenvalue weighted by atomic mass is 16.2. The first kappa shape index (κ1) is 18.7. The molecule has 0 radical (unpaired) electrons. The summed E-state index contributed by atoms with van der Waals surface area (Å²) in [6.45, 7) is 8.93. The number of piperidine rings is 1. The zero-order valence-corrected chi connectivity index (χ0v) is 16.7. The van der Waals surface area contributed by atoms with Crippen LogP contribution in [0.5, 0.6) is 0 Å². The van der Waals surface area contributed by atoms with E-state index in [9.17, 15) is 9.59 Å². The van der Waals surface area contributed by atoms with E-state index in [4.69, 9.17) is 0 Å². The second-order valence-corrected chi connectivity index (χ2v) is 7.99. The molecule has 3 saturated heterocycles. The van der Waals surface area contributed by atoms with Crippen LogP contribution in [0.1, 0.15) is 36.2 Å². The average Bonchev–Trinajstić information content (AvgIpc) is 2.83. The molecule has 0 unspecified atom stereocenters. The molecule has 0 aromatic carbocycles. The van der Waals surface area contributed by atoms with Gasteiger partial charge in [-0.25, -0.2) is 4.79 Å². The van der Waals surface area contributed by atoms with Gasteiger partial charge in [0, 0.05) is 58.4 Å². The Morgan fingerprint density at radius 3 is 2.46 bits per heavy atom. The third kappa shape index (κ3) is 3.57.